The highest BCUT2D eigenvalue weighted by Crippen LogP contribution is 2.28. The number of aromatic nitrogens is 2. The predicted molar refractivity (Wildman–Crippen MR) is 99.3 cm³/mol. The van der Waals surface area contributed by atoms with Gasteiger partial charge in [0.15, 0.2) is 0 Å². The third-order valence-electron chi connectivity index (χ3n) is 5.09. The van der Waals surface area contributed by atoms with E-state index in [0.717, 1.165) is 38.3 Å². The molecule has 1 aliphatic rings. The smallest absolute Gasteiger partial charge is 0.245 e. The minimum Gasteiger partial charge on any atom is -0.357 e. The first kappa shape index (κ1) is 17.5. The second kappa shape index (κ2) is 7.27. The molecule has 0 spiro atoms. The fraction of sp³-hybridized carbons (Fsp3) is 0.474. The molecule has 6 heteroatoms. The van der Waals surface area contributed by atoms with E-state index in [1.807, 2.05) is 13.1 Å². The van der Waals surface area contributed by atoms with Crippen LogP contribution in [0.2, 0.25) is 0 Å². The molecule has 0 atom stereocenters. The van der Waals surface area contributed by atoms with Crippen LogP contribution in [0.25, 0.3) is 0 Å². The van der Waals surface area contributed by atoms with E-state index in [9.17, 15) is 4.79 Å². The summed E-state index contributed by atoms with van der Waals surface area (Å²) in [5.41, 5.74) is 2.02. The molecule has 0 unspecified atom stereocenters. The zero-order valence-electron chi connectivity index (χ0n) is 15.2. The molecule has 1 aromatic heterocycles. The van der Waals surface area contributed by atoms with Crippen LogP contribution in [0.3, 0.4) is 0 Å². The predicted octanol–water partition coefficient (Wildman–Crippen LogP) is 1.92. The number of benzene rings is 1. The van der Waals surface area contributed by atoms with Crippen LogP contribution < -0.4 is 10.6 Å². The number of nitrogens with one attached hydrogen (secondary N) is 2. The molecule has 1 aromatic carbocycles. The first-order valence-electron chi connectivity index (χ1n) is 8.79. The van der Waals surface area contributed by atoms with Gasteiger partial charge >= 0.3 is 0 Å². The molecule has 2 heterocycles. The molecule has 25 heavy (non-hydrogen) atoms. The van der Waals surface area contributed by atoms with E-state index >= 15 is 0 Å². The van der Waals surface area contributed by atoms with Gasteiger partial charge in [0.25, 0.3) is 0 Å². The van der Waals surface area contributed by atoms with Crippen LogP contribution in [0.1, 0.15) is 24.0 Å². The highest BCUT2D eigenvalue weighted by atomic mass is 16.2. The second-order valence-electron chi connectivity index (χ2n) is 6.89. The van der Waals surface area contributed by atoms with E-state index in [1.165, 1.54) is 11.1 Å². The molecular weight excluding hydrogens is 314 g/mol. The summed E-state index contributed by atoms with van der Waals surface area (Å²) in [7, 11) is 3.58. The number of aryl methyl sites for hydroxylation is 2. The number of carbonyl (C=O) groups is 1. The summed E-state index contributed by atoms with van der Waals surface area (Å²) in [6.45, 7) is 4.79. The summed E-state index contributed by atoms with van der Waals surface area (Å²) in [4.78, 5) is 15.0. The molecule has 1 amide bonds. The van der Waals surface area contributed by atoms with Gasteiger partial charge in [-0.1, -0.05) is 29.8 Å². The minimum atomic E-state index is -0.577. The van der Waals surface area contributed by atoms with E-state index in [2.05, 4.69) is 51.8 Å². The largest absolute Gasteiger partial charge is 0.357 e. The molecule has 1 fully saturated rings. The lowest BCUT2D eigenvalue weighted by Gasteiger charge is -2.41. The number of amides is 1. The van der Waals surface area contributed by atoms with Crippen molar-refractivity contribution in [1.82, 2.24) is 20.0 Å². The van der Waals surface area contributed by atoms with Gasteiger partial charge in [-0.2, -0.15) is 5.10 Å². The number of likely N-dealkylation sites (tertiary alicyclic amines) is 1. The molecule has 2 aromatic rings. The van der Waals surface area contributed by atoms with Crippen LogP contribution in [0.15, 0.2) is 36.5 Å². The van der Waals surface area contributed by atoms with Crippen LogP contribution in [0.5, 0.6) is 0 Å². The number of piperidine rings is 1. The van der Waals surface area contributed by atoms with E-state index in [4.69, 9.17) is 0 Å². The van der Waals surface area contributed by atoms with Crippen LogP contribution >= 0.6 is 0 Å². The summed E-state index contributed by atoms with van der Waals surface area (Å²) >= 11 is 0. The number of anilines is 1. The lowest BCUT2D eigenvalue weighted by Crippen LogP contribution is -2.57. The number of carbonyl (C=O) groups excluding carboxylic acids is 1. The maximum atomic E-state index is 12.6. The standard InChI is InChI=1S/C19H27N5O/c1-15-4-6-16(7-5-15)14-24-12-9-19(10-13-24,18(25)20-2)22-17-8-11-21-23(17)3/h4-8,11,22H,9-10,12-14H2,1-3H3,(H,20,25). The Bertz CT molecular complexity index is 714. The average molecular weight is 341 g/mol. The highest BCUT2D eigenvalue weighted by molar-refractivity contribution is 5.89. The Kier molecular flexibility index (Phi) is 5.08. The lowest BCUT2D eigenvalue weighted by atomic mass is 9.86. The molecule has 2 N–H and O–H groups in total. The maximum Gasteiger partial charge on any atom is 0.245 e. The molecule has 0 bridgehead atoms. The summed E-state index contributed by atoms with van der Waals surface area (Å²) in [5.74, 6) is 0.916. The van der Waals surface area contributed by atoms with Crippen molar-refractivity contribution < 1.29 is 4.79 Å². The number of nitrogens with zero attached hydrogens (tertiary/aromatic N) is 3. The fourth-order valence-corrected chi connectivity index (χ4v) is 3.43. The van der Waals surface area contributed by atoms with Crippen LogP contribution in [-0.2, 0) is 18.4 Å². The van der Waals surface area contributed by atoms with Crippen molar-refractivity contribution in [3.05, 3.63) is 47.7 Å². The van der Waals surface area contributed by atoms with Crippen molar-refractivity contribution in [2.24, 2.45) is 7.05 Å². The molecule has 6 nitrogen and oxygen atoms in total. The van der Waals surface area contributed by atoms with Crippen molar-refractivity contribution in [2.75, 3.05) is 25.5 Å². The number of rotatable bonds is 5. The topological polar surface area (TPSA) is 62.2 Å². The van der Waals surface area contributed by atoms with Gasteiger partial charge in [0.05, 0.1) is 6.20 Å². The first-order valence-corrected chi connectivity index (χ1v) is 8.79. The van der Waals surface area contributed by atoms with Gasteiger partial charge in [-0.15, -0.1) is 0 Å². The van der Waals surface area contributed by atoms with Crippen molar-refractivity contribution in [3.8, 4) is 0 Å². The Morgan fingerprint density at radius 3 is 2.44 bits per heavy atom. The van der Waals surface area contributed by atoms with Crippen molar-refractivity contribution >= 4 is 11.7 Å². The zero-order chi connectivity index (χ0) is 17.9. The van der Waals surface area contributed by atoms with Crippen LogP contribution in [0.4, 0.5) is 5.82 Å². The van der Waals surface area contributed by atoms with E-state index in [1.54, 1.807) is 17.9 Å². The maximum absolute atomic E-state index is 12.6. The lowest BCUT2D eigenvalue weighted by molar-refractivity contribution is -0.126. The summed E-state index contributed by atoms with van der Waals surface area (Å²) < 4.78 is 1.77. The molecule has 134 valence electrons. The minimum absolute atomic E-state index is 0.0451. The van der Waals surface area contributed by atoms with Crippen molar-refractivity contribution in [3.63, 3.8) is 0 Å². The van der Waals surface area contributed by atoms with E-state index in [0.29, 0.717) is 0 Å². The number of likely N-dealkylation sites (N-methyl/N-ethyl adjacent to an activating group) is 1. The van der Waals surface area contributed by atoms with Gasteiger partial charge in [-0.25, -0.2) is 0 Å². The van der Waals surface area contributed by atoms with Gasteiger partial charge < -0.3 is 10.6 Å². The van der Waals surface area contributed by atoms with Gasteiger partial charge in [0, 0.05) is 39.8 Å². The molecule has 0 saturated carbocycles. The Morgan fingerprint density at radius 2 is 1.88 bits per heavy atom. The Morgan fingerprint density at radius 1 is 1.20 bits per heavy atom. The SMILES string of the molecule is CNC(=O)C1(Nc2ccnn2C)CCN(Cc2ccc(C)cc2)CC1. The van der Waals surface area contributed by atoms with Crippen molar-refractivity contribution in [1.29, 1.82) is 0 Å². The van der Waals surface area contributed by atoms with Gasteiger partial charge in [0.2, 0.25) is 5.91 Å². The Balaban J connectivity index is 1.68. The molecule has 0 radical (unpaired) electrons. The Hall–Kier alpha value is -2.34. The van der Waals surface area contributed by atoms with Crippen LogP contribution in [-0.4, -0.2) is 46.3 Å². The molecule has 1 saturated heterocycles. The van der Waals surface area contributed by atoms with Gasteiger partial charge in [0.1, 0.15) is 11.4 Å². The summed E-state index contributed by atoms with van der Waals surface area (Å²) in [5, 5.41) is 10.5. The zero-order valence-corrected chi connectivity index (χ0v) is 15.2. The average Bonchev–Trinajstić information content (AvgIpc) is 3.02. The number of hydrogen-bond donors (Lipinski definition) is 2. The van der Waals surface area contributed by atoms with Gasteiger partial charge in [-0.3, -0.25) is 14.4 Å². The first-order chi connectivity index (χ1) is 12.0. The van der Waals surface area contributed by atoms with Crippen LogP contribution in [0, 0.1) is 6.92 Å². The highest BCUT2D eigenvalue weighted by Gasteiger charge is 2.41. The van der Waals surface area contributed by atoms with Crippen molar-refractivity contribution in [2.45, 2.75) is 31.8 Å². The van der Waals surface area contributed by atoms with Gasteiger partial charge in [-0.05, 0) is 25.3 Å². The third kappa shape index (κ3) is 3.85. The molecule has 0 aliphatic carbocycles. The normalized spacial score (nSPS) is 17.2. The second-order valence-corrected chi connectivity index (χ2v) is 6.89. The quantitative estimate of drug-likeness (QED) is 0.872. The van der Waals surface area contributed by atoms with E-state index in [-0.39, 0.29) is 5.91 Å². The number of hydrogen-bond acceptors (Lipinski definition) is 4. The fourth-order valence-electron chi connectivity index (χ4n) is 3.43. The third-order valence-corrected chi connectivity index (χ3v) is 5.09. The summed E-state index contributed by atoms with van der Waals surface area (Å²) in [6, 6.07) is 10.6. The molecule has 3 rings (SSSR count). The molecular formula is C19H27N5O. The van der Waals surface area contributed by atoms with E-state index < -0.39 is 5.54 Å². The monoisotopic (exact) mass is 341 g/mol. The summed E-state index contributed by atoms with van der Waals surface area (Å²) in [6.07, 6.45) is 3.28. The Labute approximate surface area is 149 Å². The molecule has 1 aliphatic heterocycles.